The molecule has 0 radical (unpaired) electrons. The minimum absolute atomic E-state index is 0.0676. The second-order valence-corrected chi connectivity index (χ2v) is 7.67. The molecule has 3 nitrogen and oxygen atoms in total. The summed E-state index contributed by atoms with van der Waals surface area (Å²) in [5, 5.41) is 0. The molecule has 0 aromatic rings. The summed E-state index contributed by atoms with van der Waals surface area (Å²) in [6, 6.07) is 0. The zero-order chi connectivity index (χ0) is 13.9. The van der Waals surface area contributed by atoms with E-state index in [1.807, 2.05) is 0 Å². The van der Waals surface area contributed by atoms with Crippen LogP contribution in [-0.4, -0.2) is 24.3 Å². The Morgan fingerprint density at radius 3 is 2.75 bits per heavy atom. The van der Waals surface area contributed by atoms with Gasteiger partial charge < -0.3 is 4.74 Å². The number of ether oxygens (including phenoxy) is 1. The van der Waals surface area contributed by atoms with Gasteiger partial charge in [-0.25, -0.2) is 0 Å². The molecule has 1 aliphatic heterocycles. The van der Waals surface area contributed by atoms with Crippen LogP contribution in [-0.2, 0) is 14.3 Å². The molecule has 3 saturated carbocycles. The summed E-state index contributed by atoms with van der Waals surface area (Å²) >= 11 is 0. The van der Waals surface area contributed by atoms with Crippen molar-refractivity contribution in [1.29, 1.82) is 0 Å². The standard InChI is InChI=1S/C17H24O3/c1-17-7-6-11-12-3-2-10(18)8-15(12)20-9-13(11)14(17)4-5-16(17)19/h11-15H,2-9H2,1H3/t11-,12-,13?,14+,15+,17?/m1/s1. The van der Waals surface area contributed by atoms with Gasteiger partial charge >= 0.3 is 0 Å². The van der Waals surface area contributed by atoms with Crippen molar-refractivity contribution in [2.75, 3.05) is 6.61 Å². The number of carbonyl (C=O) groups excluding carboxylic acids is 2. The molecule has 0 amide bonds. The van der Waals surface area contributed by atoms with E-state index in [2.05, 4.69) is 6.92 Å². The molecule has 0 aromatic carbocycles. The highest BCUT2D eigenvalue weighted by Crippen LogP contribution is 2.58. The molecular formula is C17H24O3. The maximum absolute atomic E-state index is 12.2. The third-order valence-corrected chi connectivity index (χ3v) is 6.92. The van der Waals surface area contributed by atoms with E-state index in [1.54, 1.807) is 0 Å². The van der Waals surface area contributed by atoms with Crippen LogP contribution in [0.15, 0.2) is 0 Å². The molecule has 4 rings (SSSR count). The van der Waals surface area contributed by atoms with Crippen LogP contribution in [0.25, 0.3) is 0 Å². The van der Waals surface area contributed by atoms with Gasteiger partial charge in [0.05, 0.1) is 12.7 Å². The van der Waals surface area contributed by atoms with Crippen LogP contribution in [0.5, 0.6) is 0 Å². The quantitative estimate of drug-likeness (QED) is 0.683. The molecule has 0 bridgehead atoms. The van der Waals surface area contributed by atoms with Gasteiger partial charge in [0.1, 0.15) is 11.6 Å². The maximum atomic E-state index is 12.2. The van der Waals surface area contributed by atoms with Crippen molar-refractivity contribution in [3.8, 4) is 0 Å². The largest absolute Gasteiger partial charge is 0.377 e. The van der Waals surface area contributed by atoms with Gasteiger partial charge in [0.25, 0.3) is 0 Å². The third-order valence-electron chi connectivity index (χ3n) is 6.92. The van der Waals surface area contributed by atoms with E-state index >= 15 is 0 Å². The van der Waals surface area contributed by atoms with Crippen molar-refractivity contribution < 1.29 is 14.3 Å². The van der Waals surface area contributed by atoms with Gasteiger partial charge in [-0.15, -0.1) is 0 Å². The lowest BCUT2D eigenvalue weighted by Gasteiger charge is -2.53. The summed E-state index contributed by atoms with van der Waals surface area (Å²) in [5.41, 5.74) is -0.0676. The topological polar surface area (TPSA) is 43.4 Å². The van der Waals surface area contributed by atoms with E-state index in [-0.39, 0.29) is 11.5 Å². The number of ketones is 2. The number of Topliss-reactive ketones (excluding diaryl/α,β-unsaturated/α-hetero) is 2. The van der Waals surface area contributed by atoms with Gasteiger partial charge in [-0.2, -0.15) is 0 Å². The Hall–Kier alpha value is -0.700. The molecule has 1 saturated heterocycles. The first kappa shape index (κ1) is 13.0. The SMILES string of the molecule is CC12CC[C@H]3C(CO[C@H]4CC(=O)CC[C@@H]43)[C@@H]1CCC2=O. The lowest BCUT2D eigenvalue weighted by atomic mass is 9.55. The number of hydrogen-bond acceptors (Lipinski definition) is 3. The first-order valence-electron chi connectivity index (χ1n) is 8.26. The lowest BCUT2D eigenvalue weighted by molar-refractivity contribution is -0.163. The molecule has 3 aliphatic carbocycles. The van der Waals surface area contributed by atoms with Crippen LogP contribution in [0.3, 0.4) is 0 Å². The molecular weight excluding hydrogens is 252 g/mol. The molecule has 4 aliphatic rings. The summed E-state index contributed by atoms with van der Waals surface area (Å²) in [7, 11) is 0. The highest BCUT2D eigenvalue weighted by atomic mass is 16.5. The van der Waals surface area contributed by atoms with Crippen molar-refractivity contribution in [2.45, 2.75) is 58.0 Å². The van der Waals surface area contributed by atoms with Crippen molar-refractivity contribution in [3.63, 3.8) is 0 Å². The summed E-state index contributed by atoms with van der Waals surface area (Å²) in [6.45, 7) is 2.98. The second kappa shape index (κ2) is 4.40. The van der Waals surface area contributed by atoms with Gasteiger partial charge in [-0.3, -0.25) is 9.59 Å². The molecule has 6 atom stereocenters. The fourth-order valence-electron chi connectivity index (χ4n) is 5.76. The summed E-state index contributed by atoms with van der Waals surface area (Å²) in [6.07, 6.45) is 6.65. The average Bonchev–Trinajstić information content (AvgIpc) is 2.74. The van der Waals surface area contributed by atoms with Gasteiger partial charge in [0, 0.05) is 24.7 Å². The van der Waals surface area contributed by atoms with Crippen LogP contribution < -0.4 is 0 Å². The van der Waals surface area contributed by atoms with Gasteiger partial charge in [0.15, 0.2) is 0 Å². The molecule has 3 heteroatoms. The first-order chi connectivity index (χ1) is 9.59. The summed E-state index contributed by atoms with van der Waals surface area (Å²) in [4.78, 5) is 23.9. The van der Waals surface area contributed by atoms with Gasteiger partial charge in [-0.05, 0) is 49.4 Å². The zero-order valence-electron chi connectivity index (χ0n) is 12.3. The smallest absolute Gasteiger partial charge is 0.139 e. The van der Waals surface area contributed by atoms with Crippen molar-refractivity contribution in [3.05, 3.63) is 0 Å². The Morgan fingerprint density at radius 2 is 1.90 bits per heavy atom. The molecule has 20 heavy (non-hydrogen) atoms. The average molecular weight is 276 g/mol. The predicted molar refractivity (Wildman–Crippen MR) is 74.1 cm³/mol. The van der Waals surface area contributed by atoms with Crippen LogP contribution in [0.1, 0.15) is 51.9 Å². The second-order valence-electron chi connectivity index (χ2n) is 7.67. The van der Waals surface area contributed by atoms with E-state index in [0.717, 1.165) is 38.7 Å². The Morgan fingerprint density at radius 1 is 1.05 bits per heavy atom. The summed E-state index contributed by atoms with van der Waals surface area (Å²) in [5.74, 6) is 3.24. The molecule has 2 unspecified atom stereocenters. The van der Waals surface area contributed by atoms with Crippen molar-refractivity contribution in [1.82, 2.24) is 0 Å². The first-order valence-corrected chi connectivity index (χ1v) is 8.26. The van der Waals surface area contributed by atoms with Crippen LogP contribution in [0.4, 0.5) is 0 Å². The lowest BCUT2D eigenvalue weighted by Crippen LogP contribution is -2.53. The predicted octanol–water partition coefficient (Wildman–Crippen LogP) is 2.77. The fourth-order valence-corrected chi connectivity index (χ4v) is 5.76. The highest BCUT2D eigenvalue weighted by molar-refractivity contribution is 5.87. The number of fused-ring (bicyclic) bond motifs is 5. The number of carbonyl (C=O) groups is 2. The van der Waals surface area contributed by atoms with Crippen LogP contribution in [0, 0.1) is 29.1 Å². The Balaban J connectivity index is 1.59. The molecule has 0 aromatic heterocycles. The minimum Gasteiger partial charge on any atom is -0.377 e. The normalized spacial score (nSPS) is 51.4. The van der Waals surface area contributed by atoms with Gasteiger partial charge in [-0.1, -0.05) is 6.92 Å². The zero-order valence-corrected chi connectivity index (χ0v) is 12.3. The minimum atomic E-state index is -0.0676. The Labute approximate surface area is 120 Å². The number of rotatable bonds is 0. The van der Waals surface area contributed by atoms with E-state index < -0.39 is 0 Å². The molecule has 110 valence electrons. The van der Waals surface area contributed by atoms with Crippen LogP contribution in [0.2, 0.25) is 0 Å². The van der Waals surface area contributed by atoms with Crippen molar-refractivity contribution >= 4 is 11.6 Å². The van der Waals surface area contributed by atoms with Crippen LogP contribution >= 0.6 is 0 Å². The molecule has 0 N–H and O–H groups in total. The third kappa shape index (κ3) is 1.68. The number of hydrogen-bond donors (Lipinski definition) is 0. The maximum Gasteiger partial charge on any atom is 0.139 e. The van der Waals surface area contributed by atoms with E-state index in [1.165, 1.54) is 6.42 Å². The molecule has 1 heterocycles. The Bertz CT molecular complexity index is 457. The summed E-state index contributed by atoms with van der Waals surface area (Å²) < 4.78 is 6.08. The highest BCUT2D eigenvalue weighted by Gasteiger charge is 2.57. The van der Waals surface area contributed by atoms with E-state index in [4.69, 9.17) is 4.74 Å². The van der Waals surface area contributed by atoms with E-state index in [9.17, 15) is 9.59 Å². The Kier molecular flexibility index (Phi) is 2.86. The van der Waals surface area contributed by atoms with E-state index in [0.29, 0.717) is 41.7 Å². The monoisotopic (exact) mass is 276 g/mol. The van der Waals surface area contributed by atoms with Gasteiger partial charge in [0.2, 0.25) is 0 Å². The van der Waals surface area contributed by atoms with Crippen molar-refractivity contribution in [2.24, 2.45) is 29.1 Å². The molecule has 4 fully saturated rings. The molecule has 0 spiro atoms. The fraction of sp³-hybridized carbons (Fsp3) is 0.882.